The molecular formula is C17H14O3. The van der Waals surface area contributed by atoms with Crippen molar-refractivity contribution in [3.63, 3.8) is 0 Å². The summed E-state index contributed by atoms with van der Waals surface area (Å²) in [5.74, 6) is 5.53. The van der Waals surface area contributed by atoms with E-state index in [4.69, 9.17) is 4.74 Å². The average Bonchev–Trinajstić information content (AvgIpc) is 2.52. The maximum atomic E-state index is 11.6. The van der Waals surface area contributed by atoms with Crippen LogP contribution in [0.5, 0.6) is 0 Å². The molecule has 3 heteroatoms. The van der Waals surface area contributed by atoms with Gasteiger partial charge in [-0.3, -0.25) is 0 Å². The van der Waals surface area contributed by atoms with Gasteiger partial charge in [-0.05, 0) is 23.8 Å². The van der Waals surface area contributed by atoms with Gasteiger partial charge in [0.15, 0.2) is 0 Å². The molecule has 0 aromatic heterocycles. The molecule has 2 aromatic rings. The van der Waals surface area contributed by atoms with E-state index >= 15 is 0 Å². The molecule has 0 atom stereocenters. The fourth-order valence-corrected chi connectivity index (χ4v) is 1.79. The first kappa shape index (κ1) is 13.9. The average molecular weight is 266 g/mol. The van der Waals surface area contributed by atoms with Gasteiger partial charge in [0.2, 0.25) is 0 Å². The number of carbonyl (C=O) groups is 1. The normalized spacial score (nSPS) is 9.50. The van der Waals surface area contributed by atoms with Crippen LogP contribution in [0.3, 0.4) is 0 Å². The molecule has 0 fully saturated rings. The maximum Gasteiger partial charge on any atom is 0.339 e. The first-order valence-electron chi connectivity index (χ1n) is 6.14. The number of hydrogen-bond donors (Lipinski definition) is 1. The van der Waals surface area contributed by atoms with Crippen LogP contribution in [0.2, 0.25) is 0 Å². The highest BCUT2D eigenvalue weighted by Crippen LogP contribution is 2.11. The molecule has 0 unspecified atom stereocenters. The van der Waals surface area contributed by atoms with Crippen LogP contribution in [0, 0.1) is 11.8 Å². The van der Waals surface area contributed by atoms with E-state index in [-0.39, 0.29) is 6.61 Å². The molecule has 20 heavy (non-hydrogen) atoms. The summed E-state index contributed by atoms with van der Waals surface area (Å²) in [5.41, 5.74) is 2.54. The summed E-state index contributed by atoms with van der Waals surface area (Å²) in [4.78, 5) is 11.6. The Morgan fingerprint density at radius 3 is 2.35 bits per heavy atom. The summed E-state index contributed by atoms with van der Waals surface area (Å²) in [6.07, 6.45) is 0. The number of rotatable bonds is 2. The van der Waals surface area contributed by atoms with Crippen molar-refractivity contribution < 1.29 is 14.6 Å². The van der Waals surface area contributed by atoms with E-state index in [1.165, 1.54) is 7.11 Å². The van der Waals surface area contributed by atoms with Crippen molar-refractivity contribution in [3.8, 4) is 11.8 Å². The second-order valence-electron chi connectivity index (χ2n) is 4.10. The fourth-order valence-electron chi connectivity index (χ4n) is 1.79. The van der Waals surface area contributed by atoms with Crippen molar-refractivity contribution in [3.05, 3.63) is 70.8 Å². The van der Waals surface area contributed by atoms with Crippen molar-refractivity contribution in [2.24, 2.45) is 0 Å². The van der Waals surface area contributed by atoms with Crippen molar-refractivity contribution in [1.82, 2.24) is 0 Å². The monoisotopic (exact) mass is 266 g/mol. The summed E-state index contributed by atoms with van der Waals surface area (Å²) in [5, 5.41) is 9.25. The zero-order valence-corrected chi connectivity index (χ0v) is 11.1. The number of hydrogen-bond acceptors (Lipinski definition) is 3. The minimum absolute atomic E-state index is 0.0660. The molecule has 0 saturated carbocycles. The van der Waals surface area contributed by atoms with Gasteiger partial charge in [-0.15, -0.1) is 0 Å². The lowest BCUT2D eigenvalue weighted by atomic mass is 10.1. The Labute approximate surface area is 117 Å². The van der Waals surface area contributed by atoms with Gasteiger partial charge in [0.1, 0.15) is 0 Å². The summed E-state index contributed by atoms with van der Waals surface area (Å²) >= 11 is 0. The zero-order valence-electron chi connectivity index (χ0n) is 11.1. The van der Waals surface area contributed by atoms with Crippen LogP contribution in [-0.4, -0.2) is 18.2 Å². The highest BCUT2D eigenvalue weighted by molar-refractivity contribution is 5.92. The van der Waals surface area contributed by atoms with Crippen LogP contribution in [0.4, 0.5) is 0 Å². The van der Waals surface area contributed by atoms with E-state index in [2.05, 4.69) is 11.8 Å². The molecule has 0 saturated heterocycles. The zero-order chi connectivity index (χ0) is 14.4. The molecule has 0 aliphatic rings. The molecule has 0 radical (unpaired) electrons. The molecule has 3 nitrogen and oxygen atoms in total. The molecule has 0 aliphatic heterocycles. The number of methoxy groups -OCH3 is 1. The molecular weight excluding hydrogens is 252 g/mol. The lowest BCUT2D eigenvalue weighted by Gasteiger charge is -2.02. The minimum Gasteiger partial charge on any atom is -0.465 e. The van der Waals surface area contributed by atoms with Crippen LogP contribution in [0.25, 0.3) is 0 Å². The Morgan fingerprint density at radius 1 is 1.05 bits per heavy atom. The molecule has 2 aromatic carbocycles. The smallest absolute Gasteiger partial charge is 0.339 e. The second-order valence-corrected chi connectivity index (χ2v) is 4.10. The fraction of sp³-hybridized carbons (Fsp3) is 0.118. The molecule has 1 N–H and O–H groups in total. The summed E-state index contributed by atoms with van der Waals surface area (Å²) in [7, 11) is 1.34. The number of esters is 1. The van der Waals surface area contributed by atoms with E-state index in [0.717, 1.165) is 11.1 Å². The lowest BCUT2D eigenvalue weighted by molar-refractivity contribution is 0.0600. The van der Waals surface area contributed by atoms with E-state index < -0.39 is 5.97 Å². The van der Waals surface area contributed by atoms with E-state index in [0.29, 0.717) is 11.1 Å². The van der Waals surface area contributed by atoms with Crippen LogP contribution in [0.1, 0.15) is 27.0 Å². The highest BCUT2D eigenvalue weighted by Gasteiger charge is 2.08. The first-order chi connectivity index (χ1) is 9.76. The van der Waals surface area contributed by atoms with Gasteiger partial charge in [0.25, 0.3) is 0 Å². The van der Waals surface area contributed by atoms with Gasteiger partial charge in [-0.2, -0.15) is 0 Å². The Balaban J connectivity index is 2.41. The van der Waals surface area contributed by atoms with Gasteiger partial charge in [0, 0.05) is 11.1 Å². The molecule has 0 aliphatic carbocycles. The molecule has 0 amide bonds. The third kappa shape index (κ3) is 3.05. The van der Waals surface area contributed by atoms with Crippen molar-refractivity contribution in [2.75, 3.05) is 7.11 Å². The highest BCUT2D eigenvalue weighted by atomic mass is 16.5. The van der Waals surface area contributed by atoms with Gasteiger partial charge in [-0.25, -0.2) is 4.79 Å². The Bertz CT molecular complexity index is 678. The van der Waals surface area contributed by atoms with Gasteiger partial charge < -0.3 is 9.84 Å². The van der Waals surface area contributed by atoms with Crippen molar-refractivity contribution in [1.29, 1.82) is 0 Å². The first-order valence-corrected chi connectivity index (χ1v) is 6.14. The Morgan fingerprint density at radius 2 is 1.65 bits per heavy atom. The van der Waals surface area contributed by atoms with Gasteiger partial charge in [-0.1, -0.05) is 42.2 Å². The van der Waals surface area contributed by atoms with Crippen LogP contribution >= 0.6 is 0 Å². The topological polar surface area (TPSA) is 46.5 Å². The van der Waals surface area contributed by atoms with E-state index in [9.17, 15) is 9.90 Å². The third-order valence-electron chi connectivity index (χ3n) is 2.85. The SMILES string of the molecule is COC(=O)c1ccccc1C#Cc1ccccc1CO. The van der Waals surface area contributed by atoms with Crippen LogP contribution < -0.4 is 0 Å². The standard InChI is InChI=1S/C17H14O3/c1-20-17(19)16-9-5-4-7-14(16)11-10-13-6-2-3-8-15(13)12-18/h2-9,18H,12H2,1H3. The number of carbonyl (C=O) groups excluding carboxylic acids is 1. The largest absolute Gasteiger partial charge is 0.465 e. The number of aliphatic hydroxyl groups is 1. The Hall–Kier alpha value is -2.57. The Kier molecular flexibility index (Phi) is 4.54. The van der Waals surface area contributed by atoms with Gasteiger partial charge in [0.05, 0.1) is 19.3 Å². The van der Waals surface area contributed by atoms with Gasteiger partial charge >= 0.3 is 5.97 Å². The summed E-state index contributed by atoms with van der Waals surface area (Å²) in [6, 6.07) is 14.4. The summed E-state index contributed by atoms with van der Waals surface area (Å²) < 4.78 is 4.73. The van der Waals surface area contributed by atoms with Crippen LogP contribution in [0.15, 0.2) is 48.5 Å². The molecule has 0 bridgehead atoms. The quantitative estimate of drug-likeness (QED) is 0.670. The number of ether oxygens (including phenoxy) is 1. The summed E-state index contributed by atoms with van der Waals surface area (Å²) in [6.45, 7) is -0.0660. The maximum absolute atomic E-state index is 11.6. The molecule has 0 heterocycles. The van der Waals surface area contributed by atoms with Crippen LogP contribution in [-0.2, 0) is 11.3 Å². The molecule has 0 spiro atoms. The predicted molar refractivity (Wildman–Crippen MR) is 76.1 cm³/mol. The molecule has 2 rings (SSSR count). The minimum atomic E-state index is -0.412. The van der Waals surface area contributed by atoms with Crippen molar-refractivity contribution >= 4 is 5.97 Å². The van der Waals surface area contributed by atoms with E-state index in [1.807, 2.05) is 30.3 Å². The number of aliphatic hydroxyl groups excluding tert-OH is 1. The number of benzene rings is 2. The third-order valence-corrected chi connectivity index (χ3v) is 2.85. The second kappa shape index (κ2) is 6.55. The predicted octanol–water partition coefficient (Wildman–Crippen LogP) is 2.37. The van der Waals surface area contributed by atoms with Crippen molar-refractivity contribution in [2.45, 2.75) is 6.61 Å². The van der Waals surface area contributed by atoms with E-state index in [1.54, 1.807) is 18.2 Å². The lowest BCUT2D eigenvalue weighted by Crippen LogP contribution is -2.03. The molecule has 100 valence electrons.